The van der Waals surface area contributed by atoms with E-state index in [1.807, 2.05) is 12.1 Å². The summed E-state index contributed by atoms with van der Waals surface area (Å²) in [6.07, 6.45) is 5.75. The molecule has 0 saturated heterocycles. The number of hydrogen-bond donors (Lipinski definition) is 1. The average Bonchev–Trinajstić information content (AvgIpc) is 2.67. The molecule has 0 aliphatic heterocycles. The van der Waals surface area contributed by atoms with Gasteiger partial charge >= 0.3 is 5.97 Å². The Bertz CT molecular complexity index is 861. The number of methoxy groups -OCH3 is 1. The molecule has 0 bridgehead atoms. The Morgan fingerprint density at radius 1 is 1.31 bits per heavy atom. The molecule has 1 N–H and O–H groups in total. The molecular weight excluding hydrogens is 332 g/mol. The van der Waals surface area contributed by atoms with Crippen molar-refractivity contribution in [2.24, 2.45) is 0 Å². The van der Waals surface area contributed by atoms with Crippen LogP contribution in [-0.2, 0) is 16.0 Å². The van der Waals surface area contributed by atoms with Gasteiger partial charge < -0.3 is 10.1 Å². The number of aryl methyl sites for hydroxylation is 1. The lowest BCUT2D eigenvalue weighted by Crippen LogP contribution is -2.17. The lowest BCUT2D eigenvalue weighted by Gasteiger charge is -2.27. The number of anilines is 1. The number of rotatable bonds is 5. The van der Waals surface area contributed by atoms with Gasteiger partial charge in [-0.05, 0) is 48.1 Å². The van der Waals surface area contributed by atoms with Crippen molar-refractivity contribution in [2.75, 3.05) is 12.4 Å². The van der Waals surface area contributed by atoms with E-state index < -0.39 is 10.9 Å². The van der Waals surface area contributed by atoms with Crippen molar-refractivity contribution >= 4 is 23.4 Å². The molecule has 0 fully saturated rings. The predicted molar refractivity (Wildman–Crippen MR) is 99.9 cm³/mol. The summed E-state index contributed by atoms with van der Waals surface area (Å²) in [4.78, 5) is 22.3. The normalized spacial score (nSPS) is 16.1. The van der Waals surface area contributed by atoms with Gasteiger partial charge in [0.15, 0.2) is 0 Å². The van der Waals surface area contributed by atoms with E-state index in [0.29, 0.717) is 11.3 Å². The van der Waals surface area contributed by atoms with Crippen LogP contribution in [0.3, 0.4) is 0 Å². The molecule has 6 heteroatoms. The number of ether oxygens (including phenoxy) is 1. The van der Waals surface area contributed by atoms with Crippen molar-refractivity contribution < 1.29 is 14.5 Å². The fourth-order valence-electron chi connectivity index (χ4n) is 3.25. The predicted octanol–water partition coefficient (Wildman–Crippen LogP) is 4.27. The molecule has 1 aliphatic carbocycles. The Labute approximate surface area is 151 Å². The molecule has 3 rings (SSSR count). The van der Waals surface area contributed by atoms with E-state index in [-0.39, 0.29) is 11.7 Å². The summed E-state index contributed by atoms with van der Waals surface area (Å²) in [5.74, 6) is -0.506. The Morgan fingerprint density at radius 2 is 2.12 bits per heavy atom. The van der Waals surface area contributed by atoms with Crippen LogP contribution in [0.15, 0.2) is 48.5 Å². The van der Waals surface area contributed by atoms with Crippen LogP contribution in [0.2, 0.25) is 0 Å². The van der Waals surface area contributed by atoms with Crippen molar-refractivity contribution in [3.63, 3.8) is 0 Å². The van der Waals surface area contributed by atoms with Crippen molar-refractivity contribution in [3.05, 3.63) is 75.3 Å². The lowest BCUT2D eigenvalue weighted by atomic mass is 9.87. The first-order chi connectivity index (χ1) is 12.6. The molecule has 0 amide bonds. The molecule has 134 valence electrons. The number of hydrogen-bond acceptors (Lipinski definition) is 5. The first-order valence-corrected chi connectivity index (χ1v) is 8.47. The maximum absolute atomic E-state index is 11.5. The van der Waals surface area contributed by atoms with Gasteiger partial charge in [-0.1, -0.05) is 30.3 Å². The number of nitro groups is 1. The SMILES string of the molecule is COC(=O)/C=C/c1ccc(N[C@@H]2CCCc3ccccc32)c([N+](=O)[O-])c1. The summed E-state index contributed by atoms with van der Waals surface area (Å²) in [5.41, 5.74) is 3.52. The van der Waals surface area contributed by atoms with E-state index in [1.54, 1.807) is 12.1 Å². The van der Waals surface area contributed by atoms with Gasteiger partial charge in [-0.3, -0.25) is 10.1 Å². The summed E-state index contributed by atoms with van der Waals surface area (Å²) < 4.78 is 4.54. The zero-order valence-electron chi connectivity index (χ0n) is 14.5. The van der Waals surface area contributed by atoms with Crippen LogP contribution in [0, 0.1) is 10.1 Å². The van der Waals surface area contributed by atoms with E-state index in [4.69, 9.17) is 0 Å². The molecular formula is C20H20N2O4. The van der Waals surface area contributed by atoms with E-state index in [1.165, 1.54) is 36.5 Å². The summed E-state index contributed by atoms with van der Waals surface area (Å²) in [7, 11) is 1.28. The van der Waals surface area contributed by atoms with Crippen LogP contribution in [0.5, 0.6) is 0 Å². The minimum absolute atomic E-state index is 0.0138. The fourth-order valence-corrected chi connectivity index (χ4v) is 3.25. The summed E-state index contributed by atoms with van der Waals surface area (Å²) in [5, 5.41) is 14.8. The third-order valence-corrected chi connectivity index (χ3v) is 4.53. The van der Waals surface area contributed by atoms with Crippen LogP contribution < -0.4 is 5.32 Å². The highest BCUT2D eigenvalue weighted by atomic mass is 16.6. The molecule has 0 aromatic heterocycles. The average molecular weight is 352 g/mol. The monoisotopic (exact) mass is 352 g/mol. The molecule has 1 atom stereocenters. The summed E-state index contributed by atoms with van der Waals surface area (Å²) >= 11 is 0. The fraction of sp³-hybridized carbons (Fsp3) is 0.250. The highest BCUT2D eigenvalue weighted by molar-refractivity contribution is 5.87. The zero-order valence-corrected chi connectivity index (χ0v) is 14.5. The van der Waals surface area contributed by atoms with E-state index in [0.717, 1.165) is 19.3 Å². The first kappa shape index (κ1) is 17.7. The largest absolute Gasteiger partial charge is 0.466 e. The number of carbonyl (C=O) groups is 1. The summed E-state index contributed by atoms with van der Waals surface area (Å²) in [6.45, 7) is 0. The smallest absolute Gasteiger partial charge is 0.330 e. The molecule has 26 heavy (non-hydrogen) atoms. The van der Waals surface area contributed by atoms with Crippen LogP contribution in [0.25, 0.3) is 6.08 Å². The maximum Gasteiger partial charge on any atom is 0.330 e. The van der Waals surface area contributed by atoms with Gasteiger partial charge in [0, 0.05) is 12.1 Å². The van der Waals surface area contributed by atoms with Crippen molar-refractivity contribution in [1.29, 1.82) is 0 Å². The number of benzene rings is 2. The standard InChI is InChI=1S/C20H20N2O4/c1-26-20(23)12-10-14-9-11-18(19(13-14)22(24)25)21-17-8-4-6-15-5-2-3-7-16(15)17/h2-3,5,7,9-13,17,21H,4,6,8H2,1H3/b12-10+/t17-/m1/s1. The zero-order chi connectivity index (χ0) is 18.5. The molecule has 2 aromatic carbocycles. The third-order valence-electron chi connectivity index (χ3n) is 4.53. The highest BCUT2D eigenvalue weighted by Gasteiger charge is 2.23. The quantitative estimate of drug-likeness (QED) is 0.376. The summed E-state index contributed by atoms with van der Waals surface area (Å²) in [6, 6.07) is 13.1. The number of carbonyl (C=O) groups excluding carboxylic acids is 1. The minimum atomic E-state index is -0.506. The Morgan fingerprint density at radius 3 is 2.88 bits per heavy atom. The van der Waals surface area contributed by atoms with E-state index >= 15 is 0 Å². The number of fused-ring (bicyclic) bond motifs is 1. The topological polar surface area (TPSA) is 81.5 Å². The second-order valence-corrected chi connectivity index (χ2v) is 6.18. The number of nitrogens with one attached hydrogen (secondary N) is 1. The number of esters is 1. The van der Waals surface area contributed by atoms with E-state index in [9.17, 15) is 14.9 Å². The Balaban J connectivity index is 1.88. The molecule has 2 aromatic rings. The minimum Gasteiger partial charge on any atom is -0.466 e. The number of nitrogens with zero attached hydrogens (tertiary/aromatic N) is 1. The highest BCUT2D eigenvalue weighted by Crippen LogP contribution is 2.35. The lowest BCUT2D eigenvalue weighted by molar-refractivity contribution is -0.384. The second-order valence-electron chi connectivity index (χ2n) is 6.18. The third kappa shape index (κ3) is 3.91. The Kier molecular flexibility index (Phi) is 5.31. The van der Waals surface area contributed by atoms with Gasteiger partial charge in [-0.15, -0.1) is 0 Å². The second kappa shape index (κ2) is 7.82. The van der Waals surface area contributed by atoms with Crippen LogP contribution in [-0.4, -0.2) is 18.0 Å². The van der Waals surface area contributed by atoms with Crippen LogP contribution >= 0.6 is 0 Å². The number of nitro benzene ring substituents is 1. The van der Waals surface area contributed by atoms with Gasteiger partial charge in [-0.2, -0.15) is 0 Å². The van der Waals surface area contributed by atoms with Crippen molar-refractivity contribution in [2.45, 2.75) is 25.3 Å². The molecule has 0 spiro atoms. The molecule has 0 radical (unpaired) electrons. The van der Waals surface area contributed by atoms with Crippen LogP contribution in [0.4, 0.5) is 11.4 Å². The van der Waals surface area contributed by atoms with Gasteiger partial charge in [-0.25, -0.2) is 4.79 Å². The maximum atomic E-state index is 11.5. The van der Waals surface area contributed by atoms with Gasteiger partial charge in [0.2, 0.25) is 0 Å². The van der Waals surface area contributed by atoms with Gasteiger partial charge in [0.1, 0.15) is 5.69 Å². The molecule has 0 heterocycles. The van der Waals surface area contributed by atoms with Gasteiger partial charge in [0.05, 0.1) is 18.1 Å². The van der Waals surface area contributed by atoms with Crippen molar-refractivity contribution in [3.8, 4) is 0 Å². The van der Waals surface area contributed by atoms with E-state index in [2.05, 4.69) is 22.2 Å². The molecule has 0 saturated carbocycles. The molecule has 6 nitrogen and oxygen atoms in total. The molecule has 0 unspecified atom stereocenters. The van der Waals surface area contributed by atoms with Crippen molar-refractivity contribution in [1.82, 2.24) is 0 Å². The Hall–Kier alpha value is -3.15. The van der Waals surface area contributed by atoms with Gasteiger partial charge in [0.25, 0.3) is 5.69 Å². The molecule has 1 aliphatic rings. The first-order valence-electron chi connectivity index (χ1n) is 8.47. The van der Waals surface area contributed by atoms with Crippen LogP contribution in [0.1, 0.15) is 35.6 Å².